The minimum Gasteiger partial charge on any atom is -0.348 e. The molecule has 2 rings (SSSR count). The monoisotopic (exact) mass is 241 g/mol. The van der Waals surface area contributed by atoms with Gasteiger partial charge in [-0.3, -0.25) is 4.98 Å². The summed E-state index contributed by atoms with van der Waals surface area (Å²) < 4.78 is 36.9. The van der Waals surface area contributed by atoms with Gasteiger partial charge in [-0.25, -0.2) is 4.98 Å². The topological polar surface area (TPSA) is 41.6 Å². The lowest BCUT2D eigenvalue weighted by molar-refractivity contribution is -0.141. The first-order chi connectivity index (χ1) is 8.00. The second-order valence-electron chi connectivity index (χ2n) is 3.52. The predicted octanol–water partition coefficient (Wildman–Crippen LogP) is 3.05. The van der Waals surface area contributed by atoms with E-state index >= 15 is 0 Å². The number of aromatic amines is 1. The first-order valence-electron chi connectivity index (χ1n) is 5.08. The van der Waals surface area contributed by atoms with Gasteiger partial charge < -0.3 is 4.98 Å². The Morgan fingerprint density at radius 1 is 1.29 bits per heavy atom. The van der Waals surface area contributed by atoms with Gasteiger partial charge in [-0.05, 0) is 12.1 Å². The molecule has 2 heterocycles. The average Bonchev–Trinajstić information content (AvgIpc) is 2.76. The van der Waals surface area contributed by atoms with Crippen LogP contribution in [0.3, 0.4) is 0 Å². The van der Waals surface area contributed by atoms with Gasteiger partial charge in [-0.15, -0.1) is 0 Å². The third-order valence-electron chi connectivity index (χ3n) is 2.32. The molecule has 0 radical (unpaired) electrons. The van der Waals surface area contributed by atoms with Gasteiger partial charge in [0, 0.05) is 24.4 Å². The summed E-state index contributed by atoms with van der Waals surface area (Å²) in [5.74, 6) is 0.792. The summed E-state index contributed by atoms with van der Waals surface area (Å²) in [5, 5.41) is 0. The van der Waals surface area contributed by atoms with Crippen LogP contribution in [0.1, 0.15) is 18.4 Å². The number of imidazole rings is 1. The van der Waals surface area contributed by atoms with Gasteiger partial charge in [0.2, 0.25) is 0 Å². The van der Waals surface area contributed by atoms with Gasteiger partial charge in [0.15, 0.2) is 0 Å². The molecule has 1 N–H and O–H groups in total. The molecule has 0 unspecified atom stereocenters. The Morgan fingerprint density at radius 3 is 2.53 bits per heavy atom. The summed E-state index contributed by atoms with van der Waals surface area (Å²) in [5.41, 5.74) is 0.268. The number of alkyl halides is 3. The Labute approximate surface area is 95.7 Å². The molecule has 17 heavy (non-hydrogen) atoms. The lowest BCUT2D eigenvalue weighted by atomic mass is 10.2. The van der Waals surface area contributed by atoms with Crippen LogP contribution in [0.25, 0.3) is 11.3 Å². The molecule has 2 aromatic rings. The molecule has 6 heteroatoms. The molecule has 0 aliphatic carbocycles. The van der Waals surface area contributed by atoms with Crippen LogP contribution in [-0.4, -0.2) is 15.0 Å². The third kappa shape index (κ3) is 2.46. The maximum Gasteiger partial charge on any atom is 0.433 e. The fourth-order valence-corrected chi connectivity index (χ4v) is 1.40. The Kier molecular flexibility index (Phi) is 2.87. The number of aromatic nitrogens is 3. The van der Waals surface area contributed by atoms with Gasteiger partial charge in [0.05, 0.1) is 5.69 Å². The van der Waals surface area contributed by atoms with Crippen LogP contribution in [0.2, 0.25) is 0 Å². The van der Waals surface area contributed by atoms with Crippen LogP contribution >= 0.6 is 0 Å². The highest BCUT2D eigenvalue weighted by Crippen LogP contribution is 2.28. The molecule has 0 saturated carbocycles. The highest BCUT2D eigenvalue weighted by molar-refractivity contribution is 5.57. The average molecular weight is 241 g/mol. The first kappa shape index (κ1) is 11.6. The van der Waals surface area contributed by atoms with Crippen LogP contribution in [0.5, 0.6) is 0 Å². The van der Waals surface area contributed by atoms with Crippen molar-refractivity contribution in [3.63, 3.8) is 0 Å². The molecule has 0 spiro atoms. The lowest BCUT2D eigenvalue weighted by Gasteiger charge is -2.05. The molecule has 0 aromatic carbocycles. The zero-order valence-corrected chi connectivity index (χ0v) is 9.04. The van der Waals surface area contributed by atoms with Crippen molar-refractivity contribution in [2.75, 3.05) is 0 Å². The van der Waals surface area contributed by atoms with E-state index in [-0.39, 0.29) is 0 Å². The number of nitrogens with zero attached hydrogens (tertiary/aromatic N) is 2. The van der Waals surface area contributed by atoms with Gasteiger partial charge in [-0.1, -0.05) is 6.92 Å². The van der Waals surface area contributed by atoms with Crippen LogP contribution in [-0.2, 0) is 12.6 Å². The fourth-order valence-electron chi connectivity index (χ4n) is 1.40. The van der Waals surface area contributed by atoms with Gasteiger partial charge in [0.1, 0.15) is 11.5 Å². The lowest BCUT2D eigenvalue weighted by Crippen LogP contribution is -2.07. The molecule has 0 aliphatic rings. The largest absolute Gasteiger partial charge is 0.433 e. The maximum absolute atomic E-state index is 12.3. The van der Waals surface area contributed by atoms with E-state index in [2.05, 4.69) is 15.0 Å². The molecule has 0 aliphatic heterocycles. The van der Waals surface area contributed by atoms with Crippen LogP contribution in [0, 0.1) is 0 Å². The Morgan fingerprint density at radius 2 is 2.06 bits per heavy atom. The van der Waals surface area contributed by atoms with E-state index in [1.807, 2.05) is 6.92 Å². The zero-order chi connectivity index (χ0) is 12.5. The Bertz CT molecular complexity index is 499. The molecule has 0 saturated heterocycles. The summed E-state index contributed by atoms with van der Waals surface area (Å²) in [7, 11) is 0. The summed E-state index contributed by atoms with van der Waals surface area (Å²) in [6.45, 7) is 1.94. The predicted molar refractivity (Wildman–Crippen MR) is 56.2 cm³/mol. The van der Waals surface area contributed by atoms with Crippen molar-refractivity contribution in [1.82, 2.24) is 15.0 Å². The number of hydrogen-bond acceptors (Lipinski definition) is 2. The second-order valence-corrected chi connectivity index (χ2v) is 3.52. The Balaban J connectivity index is 2.29. The number of hydrogen-bond donors (Lipinski definition) is 1. The second kappa shape index (κ2) is 4.20. The van der Waals surface area contributed by atoms with E-state index in [4.69, 9.17) is 0 Å². The van der Waals surface area contributed by atoms with E-state index in [0.717, 1.165) is 18.3 Å². The number of halogens is 3. The van der Waals surface area contributed by atoms with E-state index < -0.39 is 11.9 Å². The SMILES string of the molecule is CCc1nc(-c2ccc(C(F)(F)F)nc2)c[nH]1. The van der Waals surface area contributed by atoms with Gasteiger partial charge >= 0.3 is 6.18 Å². The quantitative estimate of drug-likeness (QED) is 0.877. The summed E-state index contributed by atoms with van der Waals surface area (Å²) in [4.78, 5) is 10.5. The van der Waals surface area contributed by atoms with Crippen molar-refractivity contribution in [3.8, 4) is 11.3 Å². The number of aryl methyl sites for hydroxylation is 1. The first-order valence-corrected chi connectivity index (χ1v) is 5.08. The Hall–Kier alpha value is -1.85. The molecule has 0 fully saturated rings. The molecular weight excluding hydrogens is 231 g/mol. The summed E-state index contributed by atoms with van der Waals surface area (Å²) in [6, 6.07) is 2.32. The minimum atomic E-state index is -4.40. The van der Waals surface area contributed by atoms with Crippen molar-refractivity contribution in [2.24, 2.45) is 0 Å². The number of H-pyrrole nitrogens is 1. The minimum absolute atomic E-state index is 0.564. The number of rotatable bonds is 2. The standard InChI is InChI=1S/C11H10F3N3/c1-2-10-16-6-8(17-10)7-3-4-9(15-5-7)11(12,13)14/h3-6H,2H2,1H3,(H,16,17). The van der Waals surface area contributed by atoms with Crippen molar-refractivity contribution < 1.29 is 13.2 Å². The maximum atomic E-state index is 12.3. The highest BCUT2D eigenvalue weighted by Gasteiger charge is 2.32. The smallest absolute Gasteiger partial charge is 0.348 e. The van der Waals surface area contributed by atoms with E-state index in [1.54, 1.807) is 6.20 Å². The fraction of sp³-hybridized carbons (Fsp3) is 0.273. The van der Waals surface area contributed by atoms with E-state index in [9.17, 15) is 13.2 Å². The molecule has 90 valence electrons. The zero-order valence-electron chi connectivity index (χ0n) is 9.04. The summed E-state index contributed by atoms with van der Waals surface area (Å²) >= 11 is 0. The third-order valence-corrected chi connectivity index (χ3v) is 2.32. The van der Waals surface area contributed by atoms with E-state index in [0.29, 0.717) is 11.3 Å². The number of nitrogens with one attached hydrogen (secondary N) is 1. The van der Waals surface area contributed by atoms with Crippen LogP contribution in [0.15, 0.2) is 24.5 Å². The van der Waals surface area contributed by atoms with Crippen molar-refractivity contribution in [3.05, 3.63) is 36.0 Å². The van der Waals surface area contributed by atoms with E-state index in [1.165, 1.54) is 12.3 Å². The molecule has 3 nitrogen and oxygen atoms in total. The molecular formula is C11H10F3N3. The normalized spacial score (nSPS) is 11.8. The van der Waals surface area contributed by atoms with Crippen LogP contribution in [0.4, 0.5) is 13.2 Å². The van der Waals surface area contributed by atoms with Crippen LogP contribution < -0.4 is 0 Å². The molecule has 2 aromatic heterocycles. The molecule has 0 bridgehead atoms. The molecule has 0 atom stereocenters. The summed E-state index contributed by atoms with van der Waals surface area (Å²) in [6.07, 6.45) is -0.825. The van der Waals surface area contributed by atoms with Crippen molar-refractivity contribution in [1.29, 1.82) is 0 Å². The van der Waals surface area contributed by atoms with Gasteiger partial charge in [-0.2, -0.15) is 13.2 Å². The highest BCUT2D eigenvalue weighted by atomic mass is 19.4. The molecule has 0 amide bonds. The van der Waals surface area contributed by atoms with Crippen molar-refractivity contribution in [2.45, 2.75) is 19.5 Å². The van der Waals surface area contributed by atoms with Gasteiger partial charge in [0.25, 0.3) is 0 Å². The number of pyridine rings is 1. The van der Waals surface area contributed by atoms with Crippen molar-refractivity contribution >= 4 is 0 Å².